The minimum absolute atomic E-state index is 0.179. The van der Waals surface area contributed by atoms with Gasteiger partial charge in [-0.15, -0.1) is 34.0 Å². The average Bonchev–Trinajstić information content (AvgIpc) is 3.83. The minimum atomic E-state index is -3.53. The Balaban J connectivity index is 0.000000194. The maximum Gasteiger partial charge on any atom is 0.242 e. The van der Waals surface area contributed by atoms with Crippen molar-refractivity contribution in [1.82, 2.24) is 0 Å². The van der Waals surface area contributed by atoms with Crippen LogP contribution in [-0.4, -0.2) is 31.1 Å². The van der Waals surface area contributed by atoms with Crippen LogP contribution in [0.15, 0.2) is 107 Å². The topological polar surface area (TPSA) is 121 Å². The summed E-state index contributed by atoms with van der Waals surface area (Å²) < 4.78 is 60.5. The van der Waals surface area contributed by atoms with E-state index in [1.165, 1.54) is 73.3 Å². The molecule has 15 heteroatoms. The molecule has 9 nitrogen and oxygen atoms in total. The van der Waals surface area contributed by atoms with Crippen LogP contribution in [0.5, 0.6) is 11.5 Å². The molecule has 0 saturated carbocycles. The summed E-state index contributed by atoms with van der Waals surface area (Å²) in [5, 5.41) is 1.10. The van der Waals surface area contributed by atoms with E-state index in [1.807, 2.05) is 6.07 Å². The molecule has 2 N–H and O–H groups in total. The van der Waals surface area contributed by atoms with Crippen LogP contribution in [0.3, 0.4) is 0 Å². The quantitative estimate of drug-likeness (QED) is 0.166. The summed E-state index contributed by atoms with van der Waals surface area (Å²) in [6.07, 6.45) is 0. The van der Waals surface area contributed by atoms with Gasteiger partial charge < -0.3 is 15.2 Å². The number of nitrogens with two attached hydrogens (primary N) is 1. The van der Waals surface area contributed by atoms with Gasteiger partial charge in [0.1, 0.15) is 19.9 Å². The van der Waals surface area contributed by atoms with Gasteiger partial charge in [-0.25, -0.2) is 26.5 Å². The molecule has 0 aliphatic carbocycles. The van der Waals surface area contributed by atoms with Crippen LogP contribution in [0.1, 0.15) is 4.88 Å². The van der Waals surface area contributed by atoms with Gasteiger partial charge in [0.05, 0.1) is 40.9 Å². The number of methoxy groups -OCH3 is 2. The summed E-state index contributed by atoms with van der Waals surface area (Å²) in [6.45, 7) is 13.8. The summed E-state index contributed by atoms with van der Waals surface area (Å²) in [4.78, 5) is 7.74. The van der Waals surface area contributed by atoms with Gasteiger partial charge in [-0.05, 0) is 101 Å². The maximum absolute atomic E-state index is 12.3. The van der Waals surface area contributed by atoms with Crippen molar-refractivity contribution >= 4 is 79.6 Å². The molecule has 44 heavy (non-hydrogen) atoms. The lowest BCUT2D eigenvalue weighted by Gasteiger charge is -2.03. The first-order valence-corrected chi connectivity index (χ1v) is 18.4. The first-order valence-electron chi connectivity index (χ1n) is 12.2. The summed E-state index contributed by atoms with van der Waals surface area (Å²) in [7, 11) is -3.92. The van der Waals surface area contributed by atoms with Gasteiger partial charge in [-0.1, -0.05) is 0 Å². The molecule has 0 aliphatic rings. The molecule has 0 atom stereocenters. The number of ether oxygens (including phenoxy) is 2. The molecular formula is C29H24BrN3O6S5. The summed E-state index contributed by atoms with van der Waals surface area (Å²) in [5.41, 5.74) is 5.48. The van der Waals surface area contributed by atoms with Crippen LogP contribution in [0.2, 0.25) is 0 Å². The lowest BCUT2D eigenvalue weighted by Crippen LogP contribution is -1.99. The van der Waals surface area contributed by atoms with E-state index in [2.05, 4.69) is 25.6 Å². The largest absolute Gasteiger partial charge is 0.497 e. The van der Waals surface area contributed by atoms with E-state index in [1.54, 1.807) is 42.5 Å². The molecular weight excluding hydrogens is 727 g/mol. The zero-order chi connectivity index (χ0) is 32.3. The van der Waals surface area contributed by atoms with Gasteiger partial charge in [0.25, 0.3) is 0 Å². The second-order valence-corrected chi connectivity index (χ2v) is 17.2. The SMILES string of the molecule is COc1ccc(S(=O)(=O)c2ccc(CN)s2)cc1.[C-]#[N+]c1ccc(Br)s1.[C-]#[N+]c1ccc(S(=O)(=O)c2ccc(OC)cc2)s1. The Morgan fingerprint density at radius 2 is 1.09 bits per heavy atom. The van der Waals surface area contributed by atoms with Crippen LogP contribution in [0.4, 0.5) is 10.0 Å². The molecule has 0 unspecified atom stereocenters. The summed E-state index contributed by atoms with van der Waals surface area (Å²) in [5.74, 6) is 1.23. The predicted molar refractivity (Wildman–Crippen MR) is 178 cm³/mol. The Labute approximate surface area is 276 Å². The van der Waals surface area contributed by atoms with Gasteiger partial charge in [-0.2, -0.15) is 0 Å². The minimum Gasteiger partial charge on any atom is -0.497 e. The highest BCUT2D eigenvalue weighted by Crippen LogP contribution is 2.33. The van der Waals surface area contributed by atoms with E-state index < -0.39 is 19.7 Å². The van der Waals surface area contributed by atoms with E-state index in [9.17, 15) is 16.8 Å². The van der Waals surface area contributed by atoms with Crippen LogP contribution < -0.4 is 15.2 Å². The second-order valence-electron chi connectivity index (χ2n) is 8.18. The Morgan fingerprint density at radius 3 is 1.43 bits per heavy atom. The third-order valence-corrected chi connectivity index (χ3v) is 13.6. The van der Waals surface area contributed by atoms with E-state index in [0.717, 1.165) is 25.0 Å². The fourth-order valence-electron chi connectivity index (χ4n) is 3.23. The van der Waals surface area contributed by atoms with Crippen molar-refractivity contribution < 1.29 is 26.3 Å². The summed E-state index contributed by atoms with van der Waals surface area (Å²) >= 11 is 6.87. The number of thiophene rings is 3. The van der Waals surface area contributed by atoms with Crippen LogP contribution in [0.25, 0.3) is 9.69 Å². The zero-order valence-corrected chi connectivity index (χ0v) is 28.8. The van der Waals surface area contributed by atoms with E-state index in [0.29, 0.717) is 27.3 Å². The van der Waals surface area contributed by atoms with E-state index in [4.69, 9.17) is 28.4 Å². The molecule has 0 saturated heterocycles. The lowest BCUT2D eigenvalue weighted by atomic mass is 10.3. The molecule has 5 rings (SSSR count). The van der Waals surface area contributed by atoms with Gasteiger partial charge in [0.15, 0.2) is 0 Å². The average molecular weight is 751 g/mol. The number of benzene rings is 2. The highest BCUT2D eigenvalue weighted by molar-refractivity contribution is 9.11. The first-order chi connectivity index (χ1) is 21.0. The Kier molecular flexibility index (Phi) is 12.7. The Bertz CT molecular complexity index is 1980. The number of hydrogen-bond acceptors (Lipinski definition) is 10. The number of halogens is 1. The van der Waals surface area contributed by atoms with Gasteiger partial charge in [0.2, 0.25) is 29.7 Å². The zero-order valence-electron chi connectivity index (χ0n) is 23.1. The van der Waals surface area contributed by atoms with E-state index in [-0.39, 0.29) is 14.0 Å². The fourth-order valence-corrected chi connectivity index (χ4v) is 9.50. The highest BCUT2D eigenvalue weighted by Gasteiger charge is 2.20. The second kappa shape index (κ2) is 16.0. The Hall–Kier alpha value is -3.54. The van der Waals surface area contributed by atoms with Crippen LogP contribution in [-0.2, 0) is 26.2 Å². The van der Waals surface area contributed by atoms with Crippen molar-refractivity contribution in [2.75, 3.05) is 14.2 Å². The van der Waals surface area contributed by atoms with Crippen molar-refractivity contribution in [3.05, 3.63) is 116 Å². The van der Waals surface area contributed by atoms with Crippen molar-refractivity contribution in [3.8, 4) is 11.5 Å². The summed E-state index contributed by atoms with van der Waals surface area (Å²) in [6, 6.07) is 22.5. The van der Waals surface area contributed by atoms with Crippen molar-refractivity contribution in [2.24, 2.45) is 5.73 Å². The van der Waals surface area contributed by atoms with Gasteiger partial charge in [-0.3, -0.25) is 0 Å². The molecule has 0 aliphatic heterocycles. The Morgan fingerprint density at radius 1 is 0.659 bits per heavy atom. The highest BCUT2D eigenvalue weighted by atomic mass is 79.9. The molecule has 0 spiro atoms. The molecule has 3 aromatic heterocycles. The molecule has 0 fully saturated rings. The number of hydrogen-bond donors (Lipinski definition) is 1. The molecule has 228 valence electrons. The third kappa shape index (κ3) is 8.99. The van der Waals surface area contributed by atoms with Crippen molar-refractivity contribution in [3.63, 3.8) is 0 Å². The number of nitrogens with zero attached hydrogens (tertiary/aromatic N) is 2. The maximum atomic E-state index is 12.3. The van der Waals surface area contributed by atoms with Crippen molar-refractivity contribution in [1.29, 1.82) is 0 Å². The predicted octanol–water partition coefficient (Wildman–Crippen LogP) is 8.25. The van der Waals surface area contributed by atoms with E-state index >= 15 is 0 Å². The molecule has 5 aromatic rings. The van der Waals surface area contributed by atoms with Crippen LogP contribution >= 0.6 is 49.9 Å². The molecule has 3 heterocycles. The molecule has 2 aromatic carbocycles. The van der Waals surface area contributed by atoms with Crippen molar-refractivity contribution in [2.45, 2.75) is 24.8 Å². The standard InChI is InChI=1S/C12H9NO3S2.C12H13NO3S2.C5H2BrNS/c1-13-11-7-8-12(17-11)18(14,15)10-5-3-9(16-2)4-6-10;1-16-9-2-5-11(6-3-9)18(14,15)12-7-4-10(8-13)17-12;1-7-5-3-2-4(6)8-5/h3-8H,2H3;2-7H,8,13H2,1H3;2-3H. The smallest absolute Gasteiger partial charge is 0.242 e. The molecule has 0 amide bonds. The fraction of sp³-hybridized carbons (Fsp3) is 0.103. The monoisotopic (exact) mass is 749 g/mol. The first kappa shape index (κ1) is 34.9. The molecule has 0 bridgehead atoms. The molecule has 0 radical (unpaired) electrons. The number of rotatable bonds is 7. The van der Waals surface area contributed by atoms with Crippen LogP contribution in [0, 0.1) is 13.1 Å². The van der Waals surface area contributed by atoms with Gasteiger partial charge in [0, 0.05) is 11.4 Å². The third-order valence-electron chi connectivity index (χ3n) is 5.45. The number of sulfone groups is 2. The van der Waals surface area contributed by atoms with Gasteiger partial charge >= 0.3 is 0 Å². The lowest BCUT2D eigenvalue weighted by molar-refractivity contribution is 0.414. The normalized spacial score (nSPS) is 10.7.